The maximum Gasteiger partial charge on any atom is 0.333 e. The Kier molecular flexibility index (Phi) is 15.7. The molecule has 2 amide bonds. The summed E-state index contributed by atoms with van der Waals surface area (Å²) >= 11 is 21.9. The highest BCUT2D eigenvalue weighted by molar-refractivity contribution is 6.54. The lowest BCUT2D eigenvalue weighted by atomic mass is 10.1. The van der Waals surface area contributed by atoms with Gasteiger partial charge in [0.05, 0.1) is 20.6 Å². The SMILES string of the molecule is COc1cc(/C=C/C(=O)CC(=O)/C=C/c2ccc(OC(=O)C(C)NC(=O)C(Cl)Cl)c(OC)c2)ccc1OC(=O)C(C)NC(=O)C(Cl)Cl. The fraction of sp³-hybridized carbons (Fsp3) is 0.290. The maximum atomic E-state index is 12.4. The van der Waals surface area contributed by atoms with Crippen LogP contribution in [0.25, 0.3) is 12.2 Å². The number of ether oxygens (including phenoxy) is 4. The zero-order valence-corrected chi connectivity index (χ0v) is 28.4. The topological polar surface area (TPSA) is 163 Å². The monoisotopic (exact) mass is 730 g/mol. The van der Waals surface area contributed by atoms with Gasteiger partial charge in [-0.05, 0) is 61.4 Å². The maximum absolute atomic E-state index is 12.4. The zero-order valence-electron chi connectivity index (χ0n) is 25.4. The number of alkyl halides is 4. The van der Waals surface area contributed by atoms with Crippen molar-refractivity contribution in [3.05, 3.63) is 59.7 Å². The number of nitrogens with one attached hydrogen (secondary N) is 2. The second kappa shape index (κ2) is 18.9. The molecule has 0 aliphatic heterocycles. The van der Waals surface area contributed by atoms with Crippen molar-refractivity contribution in [1.82, 2.24) is 10.6 Å². The van der Waals surface area contributed by atoms with Crippen molar-refractivity contribution in [2.24, 2.45) is 0 Å². The van der Waals surface area contributed by atoms with E-state index >= 15 is 0 Å². The van der Waals surface area contributed by atoms with E-state index in [1.165, 1.54) is 76.6 Å². The molecule has 2 N–H and O–H groups in total. The van der Waals surface area contributed by atoms with Gasteiger partial charge in [0.2, 0.25) is 0 Å². The van der Waals surface area contributed by atoms with Crippen LogP contribution in [0.5, 0.6) is 23.0 Å². The highest BCUT2D eigenvalue weighted by atomic mass is 35.5. The van der Waals surface area contributed by atoms with Crippen molar-refractivity contribution in [2.45, 2.75) is 42.0 Å². The Hall–Kier alpha value is -4.10. The first-order valence-electron chi connectivity index (χ1n) is 13.5. The van der Waals surface area contributed by atoms with Gasteiger partial charge < -0.3 is 29.6 Å². The molecule has 0 aliphatic rings. The number of esters is 2. The number of benzene rings is 2. The molecular weight excluding hydrogens is 702 g/mol. The van der Waals surface area contributed by atoms with E-state index in [1.807, 2.05) is 0 Å². The molecule has 0 bridgehead atoms. The van der Waals surface area contributed by atoms with Crippen molar-refractivity contribution in [2.75, 3.05) is 14.2 Å². The molecule has 0 spiro atoms. The van der Waals surface area contributed by atoms with E-state index in [0.29, 0.717) is 11.1 Å². The van der Waals surface area contributed by atoms with E-state index in [-0.39, 0.29) is 23.0 Å². The molecule has 12 nitrogen and oxygen atoms in total. The summed E-state index contributed by atoms with van der Waals surface area (Å²) in [5.41, 5.74) is 1.02. The lowest BCUT2D eigenvalue weighted by Gasteiger charge is -2.15. The van der Waals surface area contributed by atoms with E-state index < -0.39 is 63.5 Å². The first-order chi connectivity index (χ1) is 22.1. The molecule has 0 heterocycles. The summed E-state index contributed by atoms with van der Waals surface area (Å²) in [5.74, 6) is -3.59. The minimum atomic E-state index is -1.35. The Morgan fingerprint density at radius 2 is 1.00 bits per heavy atom. The lowest BCUT2D eigenvalue weighted by Crippen LogP contribution is -2.42. The molecule has 0 saturated carbocycles. The predicted molar refractivity (Wildman–Crippen MR) is 176 cm³/mol. The smallest absolute Gasteiger partial charge is 0.333 e. The number of halogens is 4. The molecule has 0 radical (unpaired) electrons. The molecule has 2 unspecified atom stereocenters. The molecule has 47 heavy (non-hydrogen) atoms. The molecule has 16 heteroatoms. The predicted octanol–water partition coefficient (Wildman–Crippen LogP) is 4.39. The summed E-state index contributed by atoms with van der Waals surface area (Å²) in [6.07, 6.45) is 4.93. The number of amides is 2. The van der Waals surface area contributed by atoms with Gasteiger partial charge in [-0.2, -0.15) is 0 Å². The average molecular weight is 732 g/mol. The number of allylic oxidation sites excluding steroid dienone is 2. The molecule has 252 valence electrons. The highest BCUT2D eigenvalue weighted by Gasteiger charge is 2.23. The molecule has 2 atom stereocenters. The van der Waals surface area contributed by atoms with Crippen LogP contribution < -0.4 is 29.6 Å². The van der Waals surface area contributed by atoms with Crippen LogP contribution in [0.3, 0.4) is 0 Å². The van der Waals surface area contributed by atoms with Crippen LogP contribution in [0.4, 0.5) is 0 Å². The molecule has 2 aromatic carbocycles. The minimum Gasteiger partial charge on any atom is -0.493 e. The number of rotatable bonds is 16. The van der Waals surface area contributed by atoms with E-state index in [1.54, 1.807) is 12.1 Å². The van der Waals surface area contributed by atoms with Crippen LogP contribution in [0, 0.1) is 0 Å². The van der Waals surface area contributed by atoms with Gasteiger partial charge in [0.25, 0.3) is 11.8 Å². The van der Waals surface area contributed by atoms with E-state index in [4.69, 9.17) is 65.4 Å². The minimum absolute atomic E-state index is 0.0637. The number of carbonyl (C=O) groups is 6. The Morgan fingerprint density at radius 1 is 0.638 bits per heavy atom. The van der Waals surface area contributed by atoms with Crippen LogP contribution in [0.15, 0.2) is 48.6 Å². The van der Waals surface area contributed by atoms with Crippen molar-refractivity contribution >= 4 is 93.9 Å². The van der Waals surface area contributed by atoms with Gasteiger partial charge in [0.15, 0.2) is 44.2 Å². The fourth-order valence-electron chi connectivity index (χ4n) is 3.48. The van der Waals surface area contributed by atoms with Gasteiger partial charge >= 0.3 is 11.9 Å². The molecule has 0 fully saturated rings. The number of methoxy groups -OCH3 is 2. The van der Waals surface area contributed by atoms with Gasteiger partial charge in [-0.3, -0.25) is 19.2 Å². The number of carbonyl (C=O) groups excluding carboxylic acids is 6. The van der Waals surface area contributed by atoms with Crippen molar-refractivity contribution in [3.63, 3.8) is 0 Å². The van der Waals surface area contributed by atoms with Gasteiger partial charge in [0, 0.05) is 0 Å². The highest BCUT2D eigenvalue weighted by Crippen LogP contribution is 2.30. The lowest BCUT2D eigenvalue weighted by molar-refractivity contribution is -0.139. The van der Waals surface area contributed by atoms with E-state index in [9.17, 15) is 28.8 Å². The molecule has 2 aromatic rings. The molecule has 0 saturated heterocycles. The van der Waals surface area contributed by atoms with Gasteiger partial charge in [-0.25, -0.2) is 9.59 Å². The van der Waals surface area contributed by atoms with E-state index in [2.05, 4.69) is 10.6 Å². The number of hydrogen-bond donors (Lipinski definition) is 2. The second-order valence-corrected chi connectivity index (χ2v) is 11.7. The van der Waals surface area contributed by atoms with Crippen LogP contribution in [0.1, 0.15) is 31.4 Å². The van der Waals surface area contributed by atoms with Gasteiger partial charge in [-0.1, -0.05) is 70.7 Å². The number of ketones is 2. The third-order valence-corrected chi connectivity index (χ3v) is 6.68. The van der Waals surface area contributed by atoms with Crippen molar-refractivity contribution in [3.8, 4) is 23.0 Å². The summed E-state index contributed by atoms with van der Waals surface area (Å²) in [6.45, 7) is 2.78. The average Bonchev–Trinajstić information content (AvgIpc) is 3.03. The Balaban J connectivity index is 1.98. The normalized spacial score (nSPS) is 12.5. The van der Waals surface area contributed by atoms with Crippen LogP contribution >= 0.6 is 46.4 Å². The van der Waals surface area contributed by atoms with Gasteiger partial charge in [-0.15, -0.1) is 0 Å². The number of hydrogen-bond acceptors (Lipinski definition) is 10. The van der Waals surface area contributed by atoms with Crippen LogP contribution in [-0.4, -0.2) is 71.3 Å². The summed E-state index contributed by atoms with van der Waals surface area (Å²) in [4.78, 5) is 70.0. The Morgan fingerprint density at radius 3 is 1.32 bits per heavy atom. The van der Waals surface area contributed by atoms with Crippen molar-refractivity contribution in [1.29, 1.82) is 0 Å². The molecule has 2 rings (SSSR count). The van der Waals surface area contributed by atoms with E-state index in [0.717, 1.165) is 0 Å². The van der Waals surface area contributed by atoms with Crippen molar-refractivity contribution < 1.29 is 47.7 Å². The van der Waals surface area contributed by atoms with Crippen LogP contribution in [-0.2, 0) is 28.8 Å². The zero-order chi connectivity index (χ0) is 35.3. The third-order valence-electron chi connectivity index (χ3n) is 5.89. The quantitative estimate of drug-likeness (QED) is 0.0833. The summed E-state index contributed by atoms with van der Waals surface area (Å²) < 4.78 is 21.1. The van der Waals surface area contributed by atoms with Crippen LogP contribution in [0.2, 0.25) is 0 Å². The molecule has 0 aliphatic carbocycles. The summed E-state index contributed by atoms with van der Waals surface area (Å²) in [6, 6.07) is 6.89. The molecular formula is C31H30Cl4N2O10. The standard InChI is InChI=1S/C31H30Cl4N2O10/c1-16(36-28(40)26(32)33)30(42)46-22-11-7-18(13-24(22)44-3)5-9-20(38)15-21(39)10-6-19-8-12-23(25(14-19)45-4)47-31(43)17(2)37-29(41)27(34)35/h5-14,16-17,26-27H,15H2,1-4H3,(H,36,40)(H,37,41)/b9-5+,10-6+. The van der Waals surface area contributed by atoms with Gasteiger partial charge in [0.1, 0.15) is 12.1 Å². The third kappa shape index (κ3) is 12.9. The second-order valence-electron chi connectivity index (χ2n) is 9.50. The summed E-state index contributed by atoms with van der Waals surface area (Å²) in [7, 11) is 2.70. The Bertz CT molecular complexity index is 1450. The summed E-state index contributed by atoms with van der Waals surface area (Å²) in [5, 5.41) is 4.60. The fourth-order valence-corrected chi connectivity index (χ4v) is 3.73. The molecule has 0 aromatic heterocycles. The Labute approximate surface area is 290 Å². The first-order valence-corrected chi connectivity index (χ1v) is 15.3. The first kappa shape index (κ1) is 39.1. The largest absolute Gasteiger partial charge is 0.493 e.